The van der Waals surface area contributed by atoms with Crippen LogP contribution in [0.15, 0.2) is 168 Å². The maximum Gasteiger partial charge on any atom is 0.160 e. The average Bonchev–Trinajstić information content (AvgIpc) is 3.56. The van der Waals surface area contributed by atoms with E-state index in [1.165, 1.54) is 10.8 Å². The van der Waals surface area contributed by atoms with Gasteiger partial charge in [-0.15, -0.1) is 0 Å². The highest BCUT2D eigenvalue weighted by Gasteiger charge is 2.15. The van der Waals surface area contributed by atoms with Gasteiger partial charge in [0.1, 0.15) is 11.2 Å². The minimum absolute atomic E-state index is 0.608. The summed E-state index contributed by atoms with van der Waals surface area (Å²) in [7, 11) is 0. The molecule has 4 heteroatoms. The SMILES string of the molecule is N#Cc1ccc(-c2cc(-c3cc(-c4ccc5ccccc5c4)cc(-c4ccc5oc6ccccc6c5c4)c3)nc(-c3ccccc3)n2)cc1. The van der Waals surface area contributed by atoms with Crippen molar-refractivity contribution in [3.8, 4) is 62.2 Å². The molecule has 228 valence electrons. The van der Waals surface area contributed by atoms with Crippen molar-refractivity contribution in [2.45, 2.75) is 0 Å². The van der Waals surface area contributed by atoms with Crippen molar-refractivity contribution >= 4 is 32.7 Å². The fourth-order valence-corrected chi connectivity index (χ4v) is 6.56. The van der Waals surface area contributed by atoms with Crippen LogP contribution in [0.5, 0.6) is 0 Å². The van der Waals surface area contributed by atoms with E-state index in [0.29, 0.717) is 11.4 Å². The van der Waals surface area contributed by atoms with Crippen LogP contribution in [-0.4, -0.2) is 9.97 Å². The van der Waals surface area contributed by atoms with Gasteiger partial charge in [-0.25, -0.2) is 9.97 Å². The van der Waals surface area contributed by atoms with Crippen LogP contribution in [0.4, 0.5) is 0 Å². The summed E-state index contributed by atoms with van der Waals surface area (Å²) in [5, 5.41) is 14.0. The number of furan rings is 1. The van der Waals surface area contributed by atoms with Gasteiger partial charge in [-0.05, 0) is 93.7 Å². The number of para-hydroxylation sites is 1. The molecule has 0 N–H and O–H groups in total. The van der Waals surface area contributed by atoms with E-state index in [0.717, 1.165) is 72.3 Å². The van der Waals surface area contributed by atoms with Gasteiger partial charge in [0.05, 0.1) is 23.0 Å². The number of aromatic nitrogens is 2. The molecule has 0 amide bonds. The molecule has 0 radical (unpaired) electrons. The number of hydrogen-bond donors (Lipinski definition) is 0. The van der Waals surface area contributed by atoms with E-state index in [9.17, 15) is 5.26 Å². The lowest BCUT2D eigenvalue weighted by atomic mass is 9.93. The Labute approximate surface area is 283 Å². The monoisotopic (exact) mass is 625 g/mol. The lowest BCUT2D eigenvalue weighted by Gasteiger charge is -2.14. The largest absolute Gasteiger partial charge is 0.456 e. The van der Waals surface area contributed by atoms with Crippen LogP contribution in [0.25, 0.3) is 88.9 Å². The van der Waals surface area contributed by atoms with E-state index >= 15 is 0 Å². The van der Waals surface area contributed by atoms with Crippen molar-refractivity contribution in [1.82, 2.24) is 9.97 Å². The Hall–Kier alpha value is -6.83. The van der Waals surface area contributed by atoms with Gasteiger partial charge in [0.15, 0.2) is 5.82 Å². The summed E-state index contributed by atoms with van der Waals surface area (Å²) in [6.45, 7) is 0. The molecule has 0 unspecified atom stereocenters. The normalized spacial score (nSPS) is 11.2. The molecule has 0 bridgehead atoms. The van der Waals surface area contributed by atoms with E-state index in [-0.39, 0.29) is 0 Å². The van der Waals surface area contributed by atoms with E-state index in [1.807, 2.05) is 78.9 Å². The molecule has 2 heterocycles. The predicted molar refractivity (Wildman–Crippen MR) is 199 cm³/mol. The fraction of sp³-hybridized carbons (Fsp3) is 0. The molecular weight excluding hydrogens is 599 g/mol. The first-order valence-corrected chi connectivity index (χ1v) is 16.2. The summed E-state index contributed by atoms with van der Waals surface area (Å²) in [6.07, 6.45) is 0. The average molecular weight is 626 g/mol. The van der Waals surface area contributed by atoms with Crippen LogP contribution < -0.4 is 0 Å². The van der Waals surface area contributed by atoms with Gasteiger partial charge in [-0.3, -0.25) is 0 Å². The number of nitrogens with zero attached hydrogens (tertiary/aromatic N) is 3. The predicted octanol–water partition coefficient (Wildman–Crippen LogP) is 11.7. The molecule has 2 aromatic heterocycles. The van der Waals surface area contributed by atoms with Crippen LogP contribution in [0.2, 0.25) is 0 Å². The molecule has 0 spiro atoms. The molecule has 4 nitrogen and oxygen atoms in total. The Kier molecular flexibility index (Phi) is 6.81. The van der Waals surface area contributed by atoms with E-state index in [1.54, 1.807) is 0 Å². The highest BCUT2D eigenvalue weighted by molar-refractivity contribution is 6.06. The molecule has 0 aliphatic heterocycles. The summed E-state index contributed by atoms with van der Waals surface area (Å²) >= 11 is 0. The molecule has 0 aliphatic carbocycles. The second-order valence-corrected chi connectivity index (χ2v) is 12.2. The first-order chi connectivity index (χ1) is 24.2. The molecule has 0 saturated carbocycles. The Balaban J connectivity index is 1.27. The minimum Gasteiger partial charge on any atom is -0.456 e. The number of hydrogen-bond acceptors (Lipinski definition) is 4. The smallest absolute Gasteiger partial charge is 0.160 e. The minimum atomic E-state index is 0.608. The number of nitriles is 1. The third-order valence-corrected chi connectivity index (χ3v) is 9.09. The zero-order valence-corrected chi connectivity index (χ0v) is 26.3. The van der Waals surface area contributed by atoms with Gasteiger partial charge in [0.25, 0.3) is 0 Å². The molecule has 0 aliphatic rings. The topological polar surface area (TPSA) is 62.7 Å². The Morgan fingerprint density at radius 2 is 1.02 bits per heavy atom. The van der Waals surface area contributed by atoms with Crippen LogP contribution in [0.3, 0.4) is 0 Å². The second-order valence-electron chi connectivity index (χ2n) is 12.2. The number of fused-ring (bicyclic) bond motifs is 4. The first-order valence-electron chi connectivity index (χ1n) is 16.2. The number of benzene rings is 7. The summed E-state index contributed by atoms with van der Waals surface area (Å²) in [4.78, 5) is 10.2. The molecule has 9 rings (SSSR count). The maximum absolute atomic E-state index is 9.40. The molecule has 7 aromatic carbocycles. The maximum atomic E-state index is 9.40. The summed E-state index contributed by atoms with van der Waals surface area (Å²) < 4.78 is 6.16. The Morgan fingerprint density at radius 3 is 1.82 bits per heavy atom. The Morgan fingerprint density at radius 1 is 0.408 bits per heavy atom. The van der Waals surface area contributed by atoms with Gasteiger partial charge < -0.3 is 4.42 Å². The molecule has 0 fully saturated rings. The lowest BCUT2D eigenvalue weighted by Crippen LogP contribution is -1.96. The van der Waals surface area contributed by atoms with E-state index in [2.05, 4.69) is 91.0 Å². The summed E-state index contributed by atoms with van der Waals surface area (Å²) in [6, 6.07) is 58.2. The van der Waals surface area contributed by atoms with Crippen LogP contribution in [-0.2, 0) is 0 Å². The molecule has 0 atom stereocenters. The van der Waals surface area contributed by atoms with Gasteiger partial charge in [0.2, 0.25) is 0 Å². The molecule has 9 aromatic rings. The zero-order chi connectivity index (χ0) is 32.7. The third kappa shape index (κ3) is 5.30. The van der Waals surface area contributed by atoms with Crippen molar-refractivity contribution < 1.29 is 4.42 Å². The standard InChI is InChI=1S/C45H27N3O/c46-28-29-14-16-31(17-15-29)41-27-42(48-45(47-41)32-9-2-1-3-10-32)38-24-36(34-19-18-30-8-4-5-11-33(30)22-34)23-37(25-38)35-20-21-44-40(26-35)39-12-6-7-13-43(39)49-44/h1-27H. The number of rotatable bonds is 5. The molecule has 49 heavy (non-hydrogen) atoms. The third-order valence-electron chi connectivity index (χ3n) is 9.09. The summed E-state index contributed by atoms with van der Waals surface area (Å²) in [5.74, 6) is 0.640. The quantitative estimate of drug-likeness (QED) is 0.191. The van der Waals surface area contributed by atoms with E-state index < -0.39 is 0 Å². The summed E-state index contributed by atoms with van der Waals surface area (Å²) in [5.41, 5.74) is 11.2. The van der Waals surface area contributed by atoms with Gasteiger partial charge in [-0.1, -0.05) is 103 Å². The molecular formula is C45H27N3O. The van der Waals surface area contributed by atoms with Crippen molar-refractivity contribution in [2.75, 3.05) is 0 Å². The van der Waals surface area contributed by atoms with Crippen LogP contribution in [0.1, 0.15) is 5.56 Å². The van der Waals surface area contributed by atoms with Crippen molar-refractivity contribution in [1.29, 1.82) is 5.26 Å². The highest BCUT2D eigenvalue weighted by Crippen LogP contribution is 2.38. The zero-order valence-electron chi connectivity index (χ0n) is 26.3. The van der Waals surface area contributed by atoms with E-state index in [4.69, 9.17) is 14.4 Å². The lowest BCUT2D eigenvalue weighted by molar-refractivity contribution is 0.669. The van der Waals surface area contributed by atoms with Crippen LogP contribution >= 0.6 is 0 Å². The van der Waals surface area contributed by atoms with Crippen molar-refractivity contribution in [3.63, 3.8) is 0 Å². The Bertz CT molecular complexity index is 2720. The van der Waals surface area contributed by atoms with Crippen molar-refractivity contribution in [3.05, 3.63) is 169 Å². The first kappa shape index (κ1) is 28.4. The second kappa shape index (κ2) is 11.8. The van der Waals surface area contributed by atoms with Crippen molar-refractivity contribution in [2.24, 2.45) is 0 Å². The molecule has 0 saturated heterocycles. The van der Waals surface area contributed by atoms with Crippen LogP contribution in [0, 0.1) is 11.3 Å². The van der Waals surface area contributed by atoms with Gasteiger partial charge in [-0.2, -0.15) is 5.26 Å². The highest BCUT2D eigenvalue weighted by atomic mass is 16.3. The van der Waals surface area contributed by atoms with Gasteiger partial charge >= 0.3 is 0 Å². The fourth-order valence-electron chi connectivity index (χ4n) is 6.56. The van der Waals surface area contributed by atoms with Gasteiger partial charge in [0, 0.05) is 27.5 Å².